The summed E-state index contributed by atoms with van der Waals surface area (Å²) >= 11 is 0. The molecule has 2 unspecified atom stereocenters. The molecule has 0 saturated carbocycles. The molecule has 1 amide bonds. The van der Waals surface area contributed by atoms with Crippen LogP contribution in [0.4, 0.5) is 0 Å². The van der Waals surface area contributed by atoms with Gasteiger partial charge >= 0.3 is 0 Å². The van der Waals surface area contributed by atoms with Gasteiger partial charge in [-0.2, -0.15) is 0 Å². The number of ether oxygens (including phenoxy) is 1. The maximum absolute atomic E-state index is 12.1. The van der Waals surface area contributed by atoms with Gasteiger partial charge in [-0.15, -0.1) is 0 Å². The average Bonchev–Trinajstić information content (AvgIpc) is 2.66. The molecule has 0 aliphatic carbocycles. The van der Waals surface area contributed by atoms with Crippen molar-refractivity contribution >= 4 is 24.6 Å². The number of rotatable bonds is 5. The SMILES string of the molecule is CC(C)(C)[Si](OC1CCOCC1C(N)=O)(c1ccccc1)c1ccccc1. The highest BCUT2D eigenvalue weighted by Gasteiger charge is 2.52. The molecule has 1 aliphatic rings. The number of hydrogen-bond acceptors (Lipinski definition) is 3. The van der Waals surface area contributed by atoms with E-state index in [2.05, 4.69) is 69.3 Å². The summed E-state index contributed by atoms with van der Waals surface area (Å²) in [5.41, 5.74) is 5.68. The molecule has 1 heterocycles. The van der Waals surface area contributed by atoms with Gasteiger partial charge in [-0.05, 0) is 21.8 Å². The molecule has 2 atom stereocenters. The molecule has 4 nitrogen and oxygen atoms in total. The van der Waals surface area contributed by atoms with Crippen molar-refractivity contribution in [1.29, 1.82) is 0 Å². The third kappa shape index (κ3) is 3.86. The van der Waals surface area contributed by atoms with E-state index in [1.807, 2.05) is 12.1 Å². The van der Waals surface area contributed by atoms with E-state index >= 15 is 0 Å². The van der Waals surface area contributed by atoms with Crippen LogP contribution in [0.25, 0.3) is 0 Å². The van der Waals surface area contributed by atoms with Crippen molar-refractivity contribution in [3.63, 3.8) is 0 Å². The Kier molecular flexibility index (Phi) is 5.84. The van der Waals surface area contributed by atoms with E-state index < -0.39 is 14.2 Å². The van der Waals surface area contributed by atoms with Gasteiger partial charge in [0, 0.05) is 6.61 Å². The number of benzene rings is 2. The van der Waals surface area contributed by atoms with Crippen LogP contribution in [0.15, 0.2) is 60.7 Å². The number of hydrogen-bond donors (Lipinski definition) is 1. The molecule has 1 fully saturated rings. The second-order valence-electron chi connectivity index (χ2n) is 8.19. The zero-order valence-electron chi connectivity index (χ0n) is 16.4. The lowest BCUT2D eigenvalue weighted by molar-refractivity contribution is -0.131. The summed E-state index contributed by atoms with van der Waals surface area (Å²) in [5.74, 6) is -0.766. The highest BCUT2D eigenvalue weighted by Crippen LogP contribution is 2.39. The topological polar surface area (TPSA) is 61.6 Å². The third-order valence-corrected chi connectivity index (χ3v) is 10.5. The summed E-state index contributed by atoms with van der Waals surface area (Å²) in [6.07, 6.45) is 0.445. The lowest BCUT2D eigenvalue weighted by Gasteiger charge is -2.47. The zero-order chi connectivity index (χ0) is 19.5. The Hall–Kier alpha value is -1.95. The maximum atomic E-state index is 12.1. The lowest BCUT2D eigenvalue weighted by atomic mass is 9.98. The number of nitrogens with two attached hydrogens (primary N) is 1. The predicted octanol–water partition coefficient (Wildman–Crippen LogP) is 2.45. The first-order chi connectivity index (χ1) is 12.9. The standard InChI is InChI=1S/C22H29NO3Si/c1-22(2,3)27(17-10-6-4-7-11-17,18-12-8-5-9-13-18)26-20-14-15-25-16-19(20)21(23)24/h4-13,19-20H,14-16H2,1-3H3,(H2,23,24). The molecular formula is C22H29NO3Si. The summed E-state index contributed by atoms with van der Waals surface area (Å²) < 4.78 is 12.6. The van der Waals surface area contributed by atoms with Gasteiger partial charge in [0.15, 0.2) is 0 Å². The molecule has 0 bridgehead atoms. The van der Waals surface area contributed by atoms with Gasteiger partial charge < -0.3 is 14.9 Å². The summed E-state index contributed by atoms with van der Waals surface area (Å²) in [7, 11) is -2.69. The zero-order valence-corrected chi connectivity index (χ0v) is 17.4. The largest absolute Gasteiger partial charge is 0.403 e. The van der Waals surface area contributed by atoms with Crippen LogP contribution in [0, 0.1) is 5.92 Å². The minimum atomic E-state index is -2.69. The number of carbonyl (C=O) groups excluding carboxylic acids is 1. The average molecular weight is 384 g/mol. The molecule has 2 aromatic carbocycles. The number of carbonyl (C=O) groups is 1. The molecule has 3 rings (SSSR count). The van der Waals surface area contributed by atoms with E-state index in [1.165, 1.54) is 10.4 Å². The van der Waals surface area contributed by atoms with E-state index in [0.717, 1.165) is 0 Å². The van der Waals surface area contributed by atoms with E-state index in [9.17, 15) is 4.79 Å². The summed E-state index contributed by atoms with van der Waals surface area (Å²) in [4.78, 5) is 12.1. The Bertz CT molecular complexity index is 719. The van der Waals surface area contributed by atoms with Crippen LogP contribution in [0.1, 0.15) is 27.2 Å². The van der Waals surface area contributed by atoms with Gasteiger partial charge in [-0.3, -0.25) is 4.79 Å². The van der Waals surface area contributed by atoms with Crippen molar-refractivity contribution < 1.29 is 14.0 Å². The molecule has 2 aromatic rings. The molecule has 0 spiro atoms. The molecule has 144 valence electrons. The molecule has 2 N–H and O–H groups in total. The number of amides is 1. The monoisotopic (exact) mass is 383 g/mol. The van der Waals surface area contributed by atoms with Crippen LogP contribution in [0.3, 0.4) is 0 Å². The molecule has 1 aliphatic heterocycles. The highest BCUT2D eigenvalue weighted by molar-refractivity contribution is 6.99. The Morgan fingerprint density at radius 2 is 1.56 bits per heavy atom. The smallest absolute Gasteiger partial charge is 0.261 e. The highest BCUT2D eigenvalue weighted by atomic mass is 28.4. The Morgan fingerprint density at radius 3 is 2.00 bits per heavy atom. The van der Waals surface area contributed by atoms with Gasteiger partial charge in [0.1, 0.15) is 0 Å². The minimum Gasteiger partial charge on any atom is -0.403 e. The van der Waals surface area contributed by atoms with Crippen LogP contribution >= 0.6 is 0 Å². The molecular weight excluding hydrogens is 354 g/mol. The van der Waals surface area contributed by atoms with Gasteiger partial charge in [-0.25, -0.2) is 0 Å². The first-order valence-corrected chi connectivity index (χ1v) is 11.4. The Labute approximate surface area is 162 Å². The molecule has 1 saturated heterocycles. The van der Waals surface area contributed by atoms with Crippen LogP contribution in [0.5, 0.6) is 0 Å². The second kappa shape index (κ2) is 7.96. The van der Waals surface area contributed by atoms with Crippen LogP contribution in [-0.4, -0.2) is 33.5 Å². The van der Waals surface area contributed by atoms with E-state index in [-0.39, 0.29) is 17.0 Å². The van der Waals surface area contributed by atoms with Crippen molar-refractivity contribution in [2.75, 3.05) is 13.2 Å². The fraction of sp³-hybridized carbons (Fsp3) is 0.409. The third-order valence-electron chi connectivity index (χ3n) is 5.40. The minimum absolute atomic E-state index is 0.129. The van der Waals surface area contributed by atoms with Crippen molar-refractivity contribution in [3.05, 3.63) is 60.7 Å². The number of primary amides is 1. The van der Waals surface area contributed by atoms with Gasteiger partial charge in [-0.1, -0.05) is 81.4 Å². The fourth-order valence-corrected chi connectivity index (χ4v) is 8.79. The lowest BCUT2D eigenvalue weighted by Crippen LogP contribution is -2.69. The Morgan fingerprint density at radius 1 is 1.04 bits per heavy atom. The van der Waals surface area contributed by atoms with Crippen LogP contribution in [0.2, 0.25) is 5.04 Å². The van der Waals surface area contributed by atoms with Crippen LogP contribution < -0.4 is 16.1 Å². The predicted molar refractivity (Wildman–Crippen MR) is 111 cm³/mol. The van der Waals surface area contributed by atoms with Crippen molar-refractivity contribution in [2.45, 2.75) is 38.3 Å². The van der Waals surface area contributed by atoms with Crippen molar-refractivity contribution in [3.8, 4) is 0 Å². The maximum Gasteiger partial charge on any atom is 0.261 e. The van der Waals surface area contributed by atoms with E-state index in [0.29, 0.717) is 19.6 Å². The normalized spacial score (nSPS) is 21.0. The molecule has 0 aromatic heterocycles. The molecule has 5 heteroatoms. The Balaban J connectivity index is 2.16. The van der Waals surface area contributed by atoms with Gasteiger partial charge in [0.25, 0.3) is 8.32 Å². The summed E-state index contributed by atoms with van der Waals surface area (Å²) in [6.45, 7) is 7.62. The van der Waals surface area contributed by atoms with E-state index in [1.54, 1.807) is 0 Å². The molecule has 0 radical (unpaired) electrons. The fourth-order valence-electron chi connectivity index (χ4n) is 4.04. The molecule has 27 heavy (non-hydrogen) atoms. The first kappa shape index (κ1) is 19.8. The van der Waals surface area contributed by atoms with Crippen LogP contribution in [-0.2, 0) is 14.0 Å². The first-order valence-electron chi connectivity index (χ1n) is 9.52. The van der Waals surface area contributed by atoms with Gasteiger partial charge in [0.2, 0.25) is 5.91 Å². The second-order valence-corrected chi connectivity index (χ2v) is 12.4. The summed E-state index contributed by atoms with van der Waals surface area (Å²) in [5, 5.41) is 2.28. The van der Waals surface area contributed by atoms with Gasteiger partial charge in [0.05, 0.1) is 18.6 Å². The quantitative estimate of drug-likeness (QED) is 0.807. The van der Waals surface area contributed by atoms with Crippen molar-refractivity contribution in [2.24, 2.45) is 11.7 Å². The summed E-state index contributed by atoms with van der Waals surface area (Å²) in [6, 6.07) is 20.9. The van der Waals surface area contributed by atoms with E-state index in [4.69, 9.17) is 14.9 Å². The van der Waals surface area contributed by atoms with Crippen molar-refractivity contribution in [1.82, 2.24) is 0 Å².